The number of nitrogen functional groups attached to an aromatic ring is 1. The van der Waals surface area contributed by atoms with Crippen molar-refractivity contribution in [2.24, 2.45) is 0 Å². The van der Waals surface area contributed by atoms with E-state index in [1.54, 1.807) is 7.05 Å². The van der Waals surface area contributed by atoms with E-state index in [0.29, 0.717) is 39.4 Å². The van der Waals surface area contributed by atoms with Gasteiger partial charge in [-0.3, -0.25) is 4.79 Å². The van der Waals surface area contributed by atoms with Gasteiger partial charge in [-0.2, -0.15) is 5.26 Å². The first-order valence-electron chi connectivity index (χ1n) is 9.70. The largest absolute Gasteiger partial charge is 0.386 e. The minimum absolute atomic E-state index is 0.0371. The number of nitrogens with two attached hydrogens (primary N) is 1. The van der Waals surface area contributed by atoms with E-state index in [1.807, 2.05) is 54.6 Å². The Bertz CT molecular complexity index is 1310. The number of carbonyl (C=O) groups is 1. The third kappa shape index (κ3) is 4.05. The Balaban J connectivity index is 1.86. The first-order valence-corrected chi connectivity index (χ1v) is 11.3. The molecule has 3 N–H and O–H groups in total. The lowest BCUT2D eigenvalue weighted by Crippen LogP contribution is -2.03. The van der Waals surface area contributed by atoms with Gasteiger partial charge >= 0.3 is 0 Å². The molecule has 0 radical (unpaired) electrons. The number of thiophene rings is 1. The first kappa shape index (κ1) is 21.0. The summed E-state index contributed by atoms with van der Waals surface area (Å²) in [5.74, 6) is 0.204. The molecule has 0 aliphatic carbocycles. The van der Waals surface area contributed by atoms with Gasteiger partial charge in [0.05, 0.1) is 10.6 Å². The van der Waals surface area contributed by atoms with Crippen LogP contribution < -0.4 is 11.1 Å². The number of Topliss-reactive ketones (excluding diaryl/α,β-unsaturated/α-hetero) is 1. The number of pyridine rings is 1. The summed E-state index contributed by atoms with van der Waals surface area (Å²) in [6, 6.07) is 19.8. The summed E-state index contributed by atoms with van der Waals surface area (Å²) in [5, 5.41) is 13.7. The molecule has 31 heavy (non-hydrogen) atoms. The van der Waals surface area contributed by atoms with Crippen LogP contribution in [0.25, 0.3) is 21.3 Å². The molecule has 4 rings (SSSR count). The van der Waals surface area contributed by atoms with Gasteiger partial charge in [-0.15, -0.1) is 11.3 Å². The lowest BCUT2D eigenvalue weighted by Gasteiger charge is -2.11. The molecule has 0 spiro atoms. The third-order valence-electron chi connectivity index (χ3n) is 5.10. The number of nitrogens with zero attached hydrogens (tertiary/aromatic N) is 2. The van der Waals surface area contributed by atoms with Gasteiger partial charge in [-0.1, -0.05) is 58.4 Å². The fourth-order valence-electron chi connectivity index (χ4n) is 3.62. The first-order chi connectivity index (χ1) is 15.0. The van der Waals surface area contributed by atoms with E-state index in [9.17, 15) is 10.1 Å². The molecular formula is C24H19BrN4OS. The van der Waals surface area contributed by atoms with E-state index in [0.717, 1.165) is 21.0 Å². The zero-order chi connectivity index (χ0) is 22.0. The average Bonchev–Trinajstić information content (AvgIpc) is 3.16. The van der Waals surface area contributed by atoms with Crippen LogP contribution in [-0.2, 0) is 6.42 Å². The number of aryl methyl sites for hydroxylation is 1. The van der Waals surface area contributed by atoms with Gasteiger partial charge in [0.15, 0.2) is 5.78 Å². The zero-order valence-corrected chi connectivity index (χ0v) is 19.2. The predicted octanol–water partition coefficient (Wildman–Crippen LogP) is 6.04. The van der Waals surface area contributed by atoms with Crippen LogP contribution in [0.3, 0.4) is 0 Å². The van der Waals surface area contributed by atoms with Crippen LogP contribution in [0.4, 0.5) is 11.5 Å². The van der Waals surface area contributed by atoms with Gasteiger partial charge in [0, 0.05) is 28.9 Å². The molecular weight excluding hydrogens is 472 g/mol. The summed E-state index contributed by atoms with van der Waals surface area (Å²) < 4.78 is 0.934. The number of rotatable bonds is 6. The van der Waals surface area contributed by atoms with E-state index in [-0.39, 0.29) is 11.6 Å². The molecule has 154 valence electrons. The summed E-state index contributed by atoms with van der Waals surface area (Å²) >= 11 is 4.76. The molecule has 2 aromatic carbocycles. The van der Waals surface area contributed by atoms with Crippen LogP contribution in [0.15, 0.2) is 59.1 Å². The molecule has 0 amide bonds. The van der Waals surface area contributed by atoms with Crippen molar-refractivity contribution in [3.63, 3.8) is 0 Å². The fraction of sp³-hybridized carbons (Fsp3) is 0.125. The Hall–Kier alpha value is -3.21. The highest BCUT2D eigenvalue weighted by molar-refractivity contribution is 9.10. The number of carbonyl (C=O) groups excluding carboxylic acids is 1. The molecule has 0 saturated heterocycles. The van der Waals surface area contributed by atoms with E-state index >= 15 is 0 Å². The second kappa shape index (κ2) is 8.88. The molecule has 0 bridgehead atoms. The topological polar surface area (TPSA) is 91.8 Å². The Morgan fingerprint density at radius 1 is 1.19 bits per heavy atom. The number of nitrogens with one attached hydrogen (secondary N) is 1. The number of hydrogen-bond acceptors (Lipinski definition) is 6. The number of anilines is 2. The monoisotopic (exact) mass is 490 g/mol. The predicted molar refractivity (Wildman–Crippen MR) is 131 cm³/mol. The molecule has 0 aliphatic rings. The Morgan fingerprint density at radius 2 is 1.90 bits per heavy atom. The van der Waals surface area contributed by atoms with Crippen LogP contribution in [0, 0.1) is 11.3 Å². The molecule has 0 unspecified atom stereocenters. The SMILES string of the molecule is CNc1c(C(=O)CCc2ccccc2)sc2nc(N)c(C#N)c(-c3ccc(Br)cc3)c12. The van der Waals surface area contributed by atoms with E-state index in [4.69, 9.17) is 5.73 Å². The fourth-order valence-corrected chi connectivity index (χ4v) is 5.05. The van der Waals surface area contributed by atoms with Crippen LogP contribution in [0.2, 0.25) is 0 Å². The minimum atomic E-state index is 0.0371. The zero-order valence-electron chi connectivity index (χ0n) is 16.8. The number of ketones is 1. The van der Waals surface area contributed by atoms with Gasteiger partial charge < -0.3 is 11.1 Å². The highest BCUT2D eigenvalue weighted by atomic mass is 79.9. The standard InChI is InChI=1S/C24H19BrN4OS/c1-28-21-20-19(15-8-10-16(25)11-9-15)17(13-26)23(27)29-24(20)31-22(21)18(30)12-7-14-5-3-2-4-6-14/h2-6,8-11,28H,7,12H2,1H3,(H2,27,29). The molecule has 0 saturated carbocycles. The summed E-state index contributed by atoms with van der Waals surface area (Å²) in [6.45, 7) is 0. The lowest BCUT2D eigenvalue weighted by atomic mass is 9.96. The molecule has 7 heteroatoms. The van der Waals surface area contributed by atoms with Crippen LogP contribution in [-0.4, -0.2) is 17.8 Å². The smallest absolute Gasteiger partial charge is 0.175 e. The minimum Gasteiger partial charge on any atom is -0.386 e. The van der Waals surface area contributed by atoms with Crippen molar-refractivity contribution in [1.82, 2.24) is 4.98 Å². The van der Waals surface area contributed by atoms with Crippen molar-refractivity contribution in [1.29, 1.82) is 5.26 Å². The average molecular weight is 491 g/mol. The van der Waals surface area contributed by atoms with Crippen molar-refractivity contribution < 1.29 is 4.79 Å². The summed E-state index contributed by atoms with van der Waals surface area (Å²) in [4.78, 5) is 18.8. The van der Waals surface area contributed by atoms with Gasteiger partial charge in [-0.05, 0) is 29.7 Å². The normalized spacial score (nSPS) is 10.7. The third-order valence-corrected chi connectivity index (χ3v) is 6.75. The van der Waals surface area contributed by atoms with E-state index in [2.05, 4.69) is 32.3 Å². The molecule has 0 aliphatic heterocycles. The number of aromatic nitrogens is 1. The second-order valence-electron chi connectivity index (χ2n) is 7.01. The van der Waals surface area contributed by atoms with E-state index < -0.39 is 0 Å². The lowest BCUT2D eigenvalue weighted by molar-refractivity contribution is 0.0987. The summed E-state index contributed by atoms with van der Waals surface area (Å²) in [7, 11) is 1.78. The van der Waals surface area contributed by atoms with Crippen molar-refractivity contribution in [3.05, 3.63) is 75.1 Å². The van der Waals surface area contributed by atoms with Crippen LogP contribution >= 0.6 is 27.3 Å². The maximum atomic E-state index is 13.1. The van der Waals surface area contributed by atoms with Gasteiger partial charge in [0.1, 0.15) is 22.3 Å². The summed E-state index contributed by atoms with van der Waals surface area (Å²) in [5.41, 5.74) is 9.80. The van der Waals surface area contributed by atoms with Crippen molar-refractivity contribution in [2.75, 3.05) is 18.1 Å². The van der Waals surface area contributed by atoms with Gasteiger partial charge in [0.2, 0.25) is 0 Å². The maximum absolute atomic E-state index is 13.1. The number of halogens is 1. The van der Waals surface area contributed by atoms with E-state index in [1.165, 1.54) is 11.3 Å². The Kier molecular flexibility index (Phi) is 6.03. The molecule has 0 fully saturated rings. The van der Waals surface area contributed by atoms with Gasteiger partial charge in [-0.25, -0.2) is 4.98 Å². The Morgan fingerprint density at radius 3 is 2.55 bits per heavy atom. The quantitative estimate of drug-likeness (QED) is 0.321. The molecule has 2 heterocycles. The number of nitriles is 1. The van der Waals surface area contributed by atoms with Crippen LogP contribution in [0.5, 0.6) is 0 Å². The molecule has 0 atom stereocenters. The van der Waals surface area contributed by atoms with Crippen molar-refractivity contribution in [3.8, 4) is 17.2 Å². The molecule has 4 aromatic rings. The van der Waals surface area contributed by atoms with Gasteiger partial charge in [0.25, 0.3) is 0 Å². The second-order valence-corrected chi connectivity index (χ2v) is 8.93. The molecule has 5 nitrogen and oxygen atoms in total. The van der Waals surface area contributed by atoms with Crippen molar-refractivity contribution in [2.45, 2.75) is 12.8 Å². The Labute approximate surface area is 192 Å². The van der Waals surface area contributed by atoms with Crippen LogP contribution in [0.1, 0.15) is 27.2 Å². The number of hydrogen-bond donors (Lipinski definition) is 2. The number of benzene rings is 2. The maximum Gasteiger partial charge on any atom is 0.175 e. The van der Waals surface area contributed by atoms with Crippen molar-refractivity contribution >= 4 is 54.8 Å². The number of fused-ring (bicyclic) bond motifs is 1. The summed E-state index contributed by atoms with van der Waals surface area (Å²) in [6.07, 6.45) is 1.05. The highest BCUT2D eigenvalue weighted by Gasteiger charge is 2.25. The highest BCUT2D eigenvalue weighted by Crippen LogP contribution is 2.44. The molecule has 2 aromatic heterocycles.